The van der Waals surface area contributed by atoms with E-state index >= 15 is 0 Å². The molecule has 0 aliphatic carbocycles. The molecule has 0 aliphatic heterocycles. The third-order valence-corrected chi connectivity index (χ3v) is 4.81. The molecule has 0 N–H and O–H groups in total. The van der Waals surface area contributed by atoms with Gasteiger partial charge in [0.15, 0.2) is 11.3 Å². The fraction of sp³-hybridized carbons (Fsp3) is 0.0435. The Morgan fingerprint density at radius 2 is 1.64 bits per heavy atom. The second-order valence-corrected chi connectivity index (χ2v) is 6.80. The minimum atomic E-state index is -0.174. The number of hydrogen-bond acceptors (Lipinski definition) is 4. The zero-order valence-electron chi connectivity index (χ0n) is 15.2. The van der Waals surface area contributed by atoms with E-state index in [1.807, 2.05) is 79.7 Å². The van der Waals surface area contributed by atoms with Gasteiger partial charge < -0.3 is 0 Å². The molecule has 0 saturated carbocycles. The molecule has 5 aromatic rings. The van der Waals surface area contributed by atoms with E-state index in [1.54, 1.807) is 10.7 Å². The summed E-state index contributed by atoms with van der Waals surface area (Å²) in [4.78, 5) is 12.9. The number of aryl methyl sites for hydroxylation is 1. The first kappa shape index (κ1) is 16.3. The van der Waals surface area contributed by atoms with Gasteiger partial charge in [0.1, 0.15) is 0 Å². The highest BCUT2D eigenvalue weighted by molar-refractivity contribution is 6.09. The maximum absolute atomic E-state index is 12.9. The summed E-state index contributed by atoms with van der Waals surface area (Å²) in [7, 11) is 0. The van der Waals surface area contributed by atoms with E-state index in [-0.39, 0.29) is 11.5 Å². The molecule has 28 heavy (non-hydrogen) atoms. The fourth-order valence-electron chi connectivity index (χ4n) is 3.25. The Labute approximate surface area is 161 Å². The Morgan fingerprint density at radius 3 is 2.46 bits per heavy atom. The topological polar surface area (TPSA) is 60.2 Å². The minimum Gasteiger partial charge on any atom is -0.287 e. The molecule has 0 spiro atoms. The summed E-state index contributed by atoms with van der Waals surface area (Å²) >= 11 is 0. The molecule has 2 aromatic heterocycles. The smallest absolute Gasteiger partial charge is 0.214 e. The number of carbonyl (C=O) groups excluding carboxylic acids is 1. The quantitative estimate of drug-likeness (QED) is 0.443. The summed E-state index contributed by atoms with van der Waals surface area (Å²) in [5.41, 5.74) is 4.43. The normalized spacial score (nSPS) is 11.2. The molecule has 0 aliphatic rings. The predicted octanol–water partition coefficient (Wildman–Crippen LogP) is 4.48. The molecule has 5 rings (SSSR count). The van der Waals surface area contributed by atoms with Gasteiger partial charge in [0.2, 0.25) is 5.78 Å². The summed E-state index contributed by atoms with van der Waals surface area (Å²) in [6.45, 7) is 2.05. The molecule has 134 valence electrons. The molecular formula is C23H16N4O. The van der Waals surface area contributed by atoms with Crippen LogP contribution in [-0.2, 0) is 0 Å². The second kappa shape index (κ2) is 6.39. The molecule has 0 radical (unpaired) electrons. The van der Waals surface area contributed by atoms with Crippen LogP contribution in [0.1, 0.15) is 21.6 Å². The van der Waals surface area contributed by atoms with Crippen molar-refractivity contribution in [3.05, 3.63) is 95.8 Å². The van der Waals surface area contributed by atoms with Crippen LogP contribution in [0.15, 0.2) is 79.0 Å². The maximum atomic E-state index is 12.9. The first-order valence-electron chi connectivity index (χ1n) is 9.01. The Balaban J connectivity index is 1.53. The van der Waals surface area contributed by atoms with Crippen LogP contribution in [0.25, 0.3) is 27.7 Å². The molecule has 2 heterocycles. The summed E-state index contributed by atoms with van der Waals surface area (Å²) in [6.07, 6.45) is 1.64. The third kappa shape index (κ3) is 2.83. The highest BCUT2D eigenvalue weighted by Crippen LogP contribution is 2.20. The van der Waals surface area contributed by atoms with Crippen LogP contribution in [0, 0.1) is 6.92 Å². The van der Waals surface area contributed by atoms with Gasteiger partial charge in [-0.3, -0.25) is 4.79 Å². The number of aromatic nitrogens is 4. The summed E-state index contributed by atoms with van der Waals surface area (Å²) in [6, 6.07) is 23.6. The first-order valence-corrected chi connectivity index (χ1v) is 9.01. The van der Waals surface area contributed by atoms with Crippen LogP contribution < -0.4 is 0 Å². The second-order valence-electron chi connectivity index (χ2n) is 6.80. The van der Waals surface area contributed by atoms with Gasteiger partial charge in [-0.25, -0.2) is 4.52 Å². The van der Waals surface area contributed by atoms with Crippen LogP contribution >= 0.6 is 0 Å². The van der Waals surface area contributed by atoms with Gasteiger partial charge in [-0.05, 0) is 23.8 Å². The third-order valence-electron chi connectivity index (χ3n) is 4.81. The molecule has 0 fully saturated rings. The van der Waals surface area contributed by atoms with E-state index in [1.165, 1.54) is 5.56 Å². The average molecular weight is 364 g/mol. The Morgan fingerprint density at radius 1 is 0.857 bits per heavy atom. The van der Waals surface area contributed by atoms with Gasteiger partial charge in [0, 0.05) is 17.2 Å². The SMILES string of the molecule is Cc1ccc(-c2cc3nnc(C(=O)c4ccc5ccccc5c4)cn3n2)cc1. The highest BCUT2D eigenvalue weighted by atomic mass is 16.1. The Kier molecular flexibility index (Phi) is 3.72. The highest BCUT2D eigenvalue weighted by Gasteiger charge is 2.14. The number of carbonyl (C=O) groups is 1. The van der Waals surface area contributed by atoms with Crippen LogP contribution in [0.3, 0.4) is 0 Å². The van der Waals surface area contributed by atoms with E-state index in [9.17, 15) is 4.79 Å². The molecule has 0 saturated heterocycles. The Bertz CT molecular complexity index is 1340. The monoisotopic (exact) mass is 364 g/mol. The standard InChI is InChI=1S/C23H16N4O/c1-15-6-8-17(9-7-15)20-13-22-25-24-21(14-27(22)26-20)23(28)19-11-10-16-4-2-3-5-18(16)12-19/h2-14H,1H3. The molecule has 5 nitrogen and oxygen atoms in total. The van der Waals surface area contributed by atoms with Crippen molar-refractivity contribution in [2.45, 2.75) is 6.92 Å². The van der Waals surface area contributed by atoms with Crippen LogP contribution in [0.5, 0.6) is 0 Å². The zero-order valence-corrected chi connectivity index (χ0v) is 15.2. The molecule has 0 bridgehead atoms. The molecule has 0 atom stereocenters. The molecular weight excluding hydrogens is 348 g/mol. The number of ketones is 1. The number of rotatable bonds is 3. The van der Waals surface area contributed by atoms with Crippen molar-refractivity contribution in [1.29, 1.82) is 0 Å². The van der Waals surface area contributed by atoms with Crippen LogP contribution in [-0.4, -0.2) is 25.6 Å². The van der Waals surface area contributed by atoms with E-state index in [4.69, 9.17) is 0 Å². The van der Waals surface area contributed by atoms with E-state index < -0.39 is 0 Å². The predicted molar refractivity (Wildman–Crippen MR) is 108 cm³/mol. The molecule has 0 amide bonds. The Hall–Kier alpha value is -3.86. The number of benzene rings is 3. The summed E-state index contributed by atoms with van der Waals surface area (Å²) in [5.74, 6) is -0.174. The van der Waals surface area contributed by atoms with Crippen molar-refractivity contribution in [3.63, 3.8) is 0 Å². The first-order chi connectivity index (χ1) is 13.7. The van der Waals surface area contributed by atoms with Gasteiger partial charge in [-0.1, -0.05) is 66.2 Å². The van der Waals surface area contributed by atoms with Gasteiger partial charge >= 0.3 is 0 Å². The van der Waals surface area contributed by atoms with Crippen molar-refractivity contribution >= 4 is 22.2 Å². The molecule has 5 heteroatoms. The fourth-order valence-corrected chi connectivity index (χ4v) is 3.25. The van der Waals surface area contributed by atoms with E-state index in [0.717, 1.165) is 22.0 Å². The van der Waals surface area contributed by atoms with Gasteiger partial charge in [-0.2, -0.15) is 5.10 Å². The average Bonchev–Trinajstić information content (AvgIpc) is 3.16. The maximum Gasteiger partial charge on any atom is 0.214 e. The van der Waals surface area contributed by atoms with Crippen molar-refractivity contribution in [2.24, 2.45) is 0 Å². The lowest BCUT2D eigenvalue weighted by Gasteiger charge is -2.03. The lowest BCUT2D eigenvalue weighted by Crippen LogP contribution is -2.08. The van der Waals surface area contributed by atoms with Crippen LogP contribution in [0.2, 0.25) is 0 Å². The summed E-state index contributed by atoms with van der Waals surface area (Å²) in [5, 5.41) is 15.0. The molecule has 0 unspecified atom stereocenters. The van der Waals surface area contributed by atoms with Gasteiger partial charge in [0.05, 0.1) is 11.9 Å². The van der Waals surface area contributed by atoms with Crippen molar-refractivity contribution in [2.75, 3.05) is 0 Å². The van der Waals surface area contributed by atoms with Crippen molar-refractivity contribution in [1.82, 2.24) is 19.8 Å². The number of nitrogens with zero attached hydrogens (tertiary/aromatic N) is 4. The lowest BCUT2D eigenvalue weighted by atomic mass is 10.0. The minimum absolute atomic E-state index is 0.174. The lowest BCUT2D eigenvalue weighted by molar-refractivity contribution is 0.103. The number of fused-ring (bicyclic) bond motifs is 2. The summed E-state index contributed by atoms with van der Waals surface area (Å²) < 4.78 is 1.61. The number of hydrogen-bond donors (Lipinski definition) is 0. The largest absolute Gasteiger partial charge is 0.287 e. The zero-order chi connectivity index (χ0) is 19.1. The van der Waals surface area contributed by atoms with Crippen molar-refractivity contribution < 1.29 is 4.79 Å². The molecule has 3 aromatic carbocycles. The van der Waals surface area contributed by atoms with E-state index in [0.29, 0.717) is 11.2 Å². The van der Waals surface area contributed by atoms with Crippen molar-refractivity contribution in [3.8, 4) is 11.3 Å². The van der Waals surface area contributed by atoms with E-state index in [2.05, 4.69) is 15.3 Å². The van der Waals surface area contributed by atoms with Crippen LogP contribution in [0.4, 0.5) is 0 Å². The van der Waals surface area contributed by atoms with Gasteiger partial charge in [-0.15, -0.1) is 10.2 Å². The van der Waals surface area contributed by atoms with Gasteiger partial charge in [0.25, 0.3) is 0 Å².